The monoisotopic (exact) mass is 385 g/mol. The number of likely N-dealkylation sites (tertiary alicyclic amines) is 1. The fourth-order valence-electron chi connectivity index (χ4n) is 4.99. The molecule has 1 saturated heterocycles. The van der Waals surface area contributed by atoms with Crippen molar-refractivity contribution in [2.45, 2.75) is 25.8 Å². The predicted molar refractivity (Wildman–Crippen MR) is 116 cm³/mol. The molecule has 2 aliphatic rings. The van der Waals surface area contributed by atoms with E-state index in [1.807, 2.05) is 0 Å². The van der Waals surface area contributed by atoms with E-state index in [9.17, 15) is 0 Å². The van der Waals surface area contributed by atoms with Crippen LogP contribution in [0.1, 0.15) is 27.8 Å². The van der Waals surface area contributed by atoms with Gasteiger partial charge in [0, 0.05) is 32.2 Å². The van der Waals surface area contributed by atoms with Crippen LogP contribution in [0.15, 0.2) is 60.7 Å². The fraction of sp³-hybridized carbons (Fsp3) is 0.308. The van der Waals surface area contributed by atoms with E-state index in [1.165, 1.54) is 38.9 Å². The highest BCUT2D eigenvalue weighted by Crippen LogP contribution is 2.54. The molecule has 5 rings (SSSR count). The molecular weight excluding hydrogens is 358 g/mol. The first-order chi connectivity index (χ1) is 14.1. The second kappa shape index (κ2) is 7.01. The largest absolute Gasteiger partial charge is 0.468 e. The Balaban J connectivity index is 1.44. The second-order valence-corrected chi connectivity index (χ2v) is 8.45. The van der Waals surface area contributed by atoms with Crippen molar-refractivity contribution in [2.24, 2.45) is 0 Å². The number of aryl methyl sites for hydroxylation is 2. The highest BCUT2D eigenvalue weighted by atomic mass is 16.7. The number of benzene rings is 3. The summed E-state index contributed by atoms with van der Waals surface area (Å²) < 4.78 is 10.8. The second-order valence-electron chi connectivity index (χ2n) is 8.45. The zero-order chi connectivity index (χ0) is 20.0. The maximum Gasteiger partial charge on any atom is 0.188 e. The predicted octanol–water partition coefficient (Wildman–Crippen LogP) is 5.07. The molecule has 1 spiro atoms. The summed E-state index contributed by atoms with van der Waals surface area (Å²) in [6, 6.07) is 22.2. The quantitative estimate of drug-likeness (QED) is 0.573. The highest BCUT2D eigenvalue weighted by Gasteiger charge is 2.51. The van der Waals surface area contributed by atoms with E-state index in [4.69, 9.17) is 9.47 Å². The lowest BCUT2D eigenvalue weighted by atomic mass is 9.71. The van der Waals surface area contributed by atoms with Crippen LogP contribution in [0.4, 0.5) is 0 Å². The number of methoxy groups -OCH3 is 1. The summed E-state index contributed by atoms with van der Waals surface area (Å²) in [4.78, 5) is 2.56. The summed E-state index contributed by atoms with van der Waals surface area (Å²) in [5, 5.41) is 0. The molecule has 1 aliphatic carbocycles. The molecule has 0 radical (unpaired) electrons. The highest BCUT2D eigenvalue weighted by molar-refractivity contribution is 5.83. The average Bonchev–Trinajstić information content (AvgIpc) is 2.99. The third-order valence-electron chi connectivity index (χ3n) is 6.55. The fourth-order valence-corrected chi connectivity index (χ4v) is 4.99. The minimum atomic E-state index is 0.103. The normalized spacial score (nSPS) is 16.4. The lowest BCUT2D eigenvalue weighted by Gasteiger charge is -2.49. The van der Waals surface area contributed by atoms with E-state index in [-0.39, 0.29) is 12.2 Å². The first kappa shape index (κ1) is 18.4. The topological polar surface area (TPSA) is 21.7 Å². The Kier molecular flexibility index (Phi) is 4.45. The molecule has 1 aliphatic heterocycles. The number of fused-ring (bicyclic) bond motifs is 5. The molecule has 0 atom stereocenters. The first-order valence-electron chi connectivity index (χ1n) is 10.3. The standard InChI is InChI=1S/C26H27NO2/c1-18-8-9-20(12-19(18)2)14-27-15-26(16-27)24-7-5-4-6-22(24)23-13-21(29-17-28-3)10-11-25(23)26/h4-13H,14-17H2,1-3H3. The average molecular weight is 386 g/mol. The van der Waals surface area contributed by atoms with Gasteiger partial charge in [0.25, 0.3) is 0 Å². The van der Waals surface area contributed by atoms with Crippen LogP contribution in [-0.2, 0) is 16.7 Å². The van der Waals surface area contributed by atoms with Gasteiger partial charge in [-0.05, 0) is 64.9 Å². The SMILES string of the molecule is COCOc1ccc2c(c1)-c1ccccc1C21CN(Cc2ccc(C)c(C)c2)C1. The molecular formula is C26H27NO2. The third-order valence-corrected chi connectivity index (χ3v) is 6.55. The van der Waals surface area contributed by atoms with Crippen molar-refractivity contribution < 1.29 is 9.47 Å². The van der Waals surface area contributed by atoms with Crippen LogP contribution in [0, 0.1) is 13.8 Å². The molecule has 3 nitrogen and oxygen atoms in total. The van der Waals surface area contributed by atoms with Crippen LogP contribution >= 0.6 is 0 Å². The van der Waals surface area contributed by atoms with Crippen molar-refractivity contribution in [2.75, 3.05) is 27.0 Å². The van der Waals surface area contributed by atoms with Gasteiger partial charge >= 0.3 is 0 Å². The summed E-state index contributed by atoms with van der Waals surface area (Å²) in [5.74, 6) is 0.865. The van der Waals surface area contributed by atoms with E-state index in [0.29, 0.717) is 0 Å². The van der Waals surface area contributed by atoms with Crippen molar-refractivity contribution >= 4 is 0 Å². The molecule has 0 bridgehead atoms. The molecule has 0 unspecified atom stereocenters. The molecule has 148 valence electrons. The molecule has 0 saturated carbocycles. The minimum absolute atomic E-state index is 0.103. The summed E-state index contributed by atoms with van der Waals surface area (Å²) in [5.41, 5.74) is 9.77. The number of hydrogen-bond acceptors (Lipinski definition) is 3. The van der Waals surface area contributed by atoms with Crippen LogP contribution in [0.25, 0.3) is 11.1 Å². The van der Waals surface area contributed by atoms with Crippen LogP contribution in [0.2, 0.25) is 0 Å². The summed E-state index contributed by atoms with van der Waals surface area (Å²) in [7, 11) is 1.65. The Morgan fingerprint density at radius 2 is 1.66 bits per heavy atom. The lowest BCUT2D eigenvalue weighted by Crippen LogP contribution is -2.58. The van der Waals surface area contributed by atoms with Crippen molar-refractivity contribution in [3.63, 3.8) is 0 Å². The van der Waals surface area contributed by atoms with Crippen LogP contribution in [0.5, 0.6) is 5.75 Å². The molecule has 3 heteroatoms. The number of nitrogens with zero attached hydrogens (tertiary/aromatic N) is 1. The van der Waals surface area contributed by atoms with Crippen LogP contribution in [-0.4, -0.2) is 31.9 Å². The van der Waals surface area contributed by atoms with Crippen molar-refractivity contribution in [1.29, 1.82) is 0 Å². The number of hydrogen-bond donors (Lipinski definition) is 0. The first-order valence-corrected chi connectivity index (χ1v) is 10.3. The molecule has 0 amide bonds. The Labute approximate surface area is 172 Å². The molecule has 3 aromatic rings. The zero-order valence-corrected chi connectivity index (χ0v) is 17.4. The van der Waals surface area contributed by atoms with Gasteiger partial charge in [0.1, 0.15) is 5.75 Å². The lowest BCUT2D eigenvalue weighted by molar-refractivity contribution is 0.0511. The van der Waals surface area contributed by atoms with Gasteiger partial charge in [0.2, 0.25) is 0 Å². The number of rotatable bonds is 5. The van der Waals surface area contributed by atoms with Crippen molar-refractivity contribution in [3.8, 4) is 16.9 Å². The molecule has 0 N–H and O–H groups in total. The third kappa shape index (κ3) is 2.97. The van der Waals surface area contributed by atoms with E-state index in [1.54, 1.807) is 7.11 Å². The summed E-state index contributed by atoms with van der Waals surface area (Å²) in [6.07, 6.45) is 0. The Bertz CT molecular complexity index is 1070. The van der Waals surface area contributed by atoms with Gasteiger partial charge in [-0.25, -0.2) is 0 Å². The zero-order valence-electron chi connectivity index (χ0n) is 17.4. The Hall–Kier alpha value is -2.62. The molecule has 3 aromatic carbocycles. The van der Waals surface area contributed by atoms with Gasteiger partial charge < -0.3 is 9.47 Å². The van der Waals surface area contributed by atoms with Gasteiger partial charge in [0.05, 0.1) is 0 Å². The van der Waals surface area contributed by atoms with E-state index < -0.39 is 0 Å². The minimum Gasteiger partial charge on any atom is -0.468 e. The molecule has 1 fully saturated rings. The Morgan fingerprint density at radius 3 is 2.45 bits per heavy atom. The van der Waals surface area contributed by atoms with E-state index in [0.717, 1.165) is 25.4 Å². The molecule has 29 heavy (non-hydrogen) atoms. The number of ether oxygens (including phenoxy) is 2. The molecule has 1 heterocycles. The maximum atomic E-state index is 5.70. The van der Waals surface area contributed by atoms with Gasteiger partial charge in [-0.3, -0.25) is 4.90 Å². The van der Waals surface area contributed by atoms with Gasteiger partial charge in [0.15, 0.2) is 6.79 Å². The maximum absolute atomic E-state index is 5.70. The smallest absolute Gasteiger partial charge is 0.188 e. The van der Waals surface area contributed by atoms with Crippen LogP contribution in [0.3, 0.4) is 0 Å². The summed E-state index contributed by atoms with van der Waals surface area (Å²) in [6.45, 7) is 7.77. The van der Waals surface area contributed by atoms with Gasteiger partial charge in [-0.1, -0.05) is 48.5 Å². The van der Waals surface area contributed by atoms with Gasteiger partial charge in [-0.2, -0.15) is 0 Å². The van der Waals surface area contributed by atoms with E-state index >= 15 is 0 Å². The Morgan fingerprint density at radius 1 is 0.862 bits per heavy atom. The van der Waals surface area contributed by atoms with E-state index in [2.05, 4.69) is 79.4 Å². The summed E-state index contributed by atoms with van der Waals surface area (Å²) >= 11 is 0. The van der Waals surface area contributed by atoms with Crippen molar-refractivity contribution in [3.05, 3.63) is 88.5 Å². The van der Waals surface area contributed by atoms with Crippen LogP contribution < -0.4 is 4.74 Å². The van der Waals surface area contributed by atoms with Gasteiger partial charge in [-0.15, -0.1) is 0 Å². The molecule has 0 aromatic heterocycles. The van der Waals surface area contributed by atoms with Crippen molar-refractivity contribution in [1.82, 2.24) is 4.90 Å².